The molecule has 0 bridgehead atoms. The number of aliphatic hydroxyl groups excluding tert-OH is 1. The predicted molar refractivity (Wildman–Crippen MR) is 115 cm³/mol. The Labute approximate surface area is 176 Å². The Balaban J connectivity index is 2.12. The number of methoxy groups -OCH3 is 1. The molecule has 0 spiro atoms. The highest BCUT2D eigenvalue weighted by molar-refractivity contribution is 6.46. The molecule has 1 aliphatic rings. The summed E-state index contributed by atoms with van der Waals surface area (Å²) in [5, 5.41) is 11.1. The van der Waals surface area contributed by atoms with Crippen LogP contribution in [0, 0.1) is 0 Å². The largest absolute Gasteiger partial charge is 0.507 e. The maximum absolute atomic E-state index is 12.9. The second kappa shape index (κ2) is 9.03. The molecule has 2 aromatic carbocycles. The summed E-state index contributed by atoms with van der Waals surface area (Å²) in [5.74, 6) is -0.240. The van der Waals surface area contributed by atoms with Crippen molar-refractivity contribution in [1.82, 2.24) is 4.90 Å². The van der Waals surface area contributed by atoms with Crippen LogP contribution in [0.1, 0.15) is 44.4 Å². The van der Waals surface area contributed by atoms with Crippen molar-refractivity contribution in [3.05, 3.63) is 65.2 Å². The van der Waals surface area contributed by atoms with E-state index in [1.807, 2.05) is 32.9 Å². The van der Waals surface area contributed by atoms with Gasteiger partial charge in [-0.1, -0.05) is 31.2 Å². The van der Waals surface area contributed by atoms with Crippen LogP contribution in [0.2, 0.25) is 0 Å². The van der Waals surface area contributed by atoms with Gasteiger partial charge >= 0.3 is 0 Å². The van der Waals surface area contributed by atoms with E-state index in [0.717, 1.165) is 5.56 Å². The van der Waals surface area contributed by atoms with E-state index in [1.165, 1.54) is 4.90 Å². The molecule has 1 fully saturated rings. The molecule has 6 heteroatoms. The van der Waals surface area contributed by atoms with E-state index in [-0.39, 0.29) is 17.4 Å². The van der Waals surface area contributed by atoms with Crippen molar-refractivity contribution >= 4 is 17.4 Å². The third-order valence-electron chi connectivity index (χ3n) is 4.92. The molecule has 0 radical (unpaired) electrons. The minimum atomic E-state index is -0.683. The van der Waals surface area contributed by atoms with Crippen LogP contribution in [0.15, 0.2) is 54.1 Å². The molecule has 1 saturated heterocycles. The Morgan fingerprint density at radius 2 is 1.80 bits per heavy atom. The lowest BCUT2D eigenvalue weighted by molar-refractivity contribution is -0.139. The number of nitrogens with zero attached hydrogens (tertiary/aromatic N) is 1. The minimum Gasteiger partial charge on any atom is -0.507 e. The van der Waals surface area contributed by atoms with Gasteiger partial charge in [-0.15, -0.1) is 0 Å². The first-order valence-electron chi connectivity index (χ1n) is 10.1. The number of rotatable bonds is 7. The van der Waals surface area contributed by atoms with E-state index in [4.69, 9.17) is 9.47 Å². The van der Waals surface area contributed by atoms with Crippen LogP contribution < -0.4 is 9.47 Å². The van der Waals surface area contributed by atoms with Crippen molar-refractivity contribution < 1.29 is 24.2 Å². The average Bonchev–Trinajstić information content (AvgIpc) is 2.98. The van der Waals surface area contributed by atoms with Gasteiger partial charge < -0.3 is 19.5 Å². The summed E-state index contributed by atoms with van der Waals surface area (Å²) in [7, 11) is 1.57. The molecule has 0 aliphatic carbocycles. The number of ether oxygens (including phenoxy) is 2. The summed E-state index contributed by atoms with van der Waals surface area (Å²) in [6.45, 7) is 6.17. The van der Waals surface area contributed by atoms with Crippen LogP contribution >= 0.6 is 0 Å². The van der Waals surface area contributed by atoms with Crippen LogP contribution in [-0.4, -0.2) is 41.5 Å². The van der Waals surface area contributed by atoms with Gasteiger partial charge in [-0.3, -0.25) is 9.59 Å². The van der Waals surface area contributed by atoms with Gasteiger partial charge in [-0.05, 0) is 50.1 Å². The number of likely N-dealkylation sites (tertiary alicyclic amines) is 1. The van der Waals surface area contributed by atoms with Crippen LogP contribution in [0.3, 0.4) is 0 Å². The van der Waals surface area contributed by atoms with Crippen LogP contribution in [0.4, 0.5) is 0 Å². The molecule has 30 heavy (non-hydrogen) atoms. The molecule has 0 aromatic heterocycles. The van der Waals surface area contributed by atoms with Crippen molar-refractivity contribution in [2.24, 2.45) is 0 Å². The highest BCUT2D eigenvalue weighted by atomic mass is 16.5. The second-order valence-corrected chi connectivity index (χ2v) is 7.46. The van der Waals surface area contributed by atoms with Gasteiger partial charge in [0.15, 0.2) is 0 Å². The summed E-state index contributed by atoms with van der Waals surface area (Å²) in [4.78, 5) is 27.2. The first-order valence-corrected chi connectivity index (χ1v) is 10.1. The van der Waals surface area contributed by atoms with E-state index in [2.05, 4.69) is 0 Å². The minimum absolute atomic E-state index is 0.0307. The van der Waals surface area contributed by atoms with Gasteiger partial charge in [-0.25, -0.2) is 0 Å². The standard InChI is InChI=1S/C24H27NO5/c1-5-13-25-21(16-9-11-18(29-4)12-10-16)20(23(27)24(25)28)22(26)17-7-6-8-19(14-17)30-15(2)3/h6-12,14-15,21,26H,5,13H2,1-4H3/b22-20-. The lowest BCUT2D eigenvalue weighted by Gasteiger charge is -2.25. The Morgan fingerprint density at radius 3 is 2.40 bits per heavy atom. The average molecular weight is 409 g/mol. The Kier molecular flexibility index (Phi) is 6.45. The Hall–Kier alpha value is -3.28. The zero-order valence-electron chi connectivity index (χ0n) is 17.7. The first-order chi connectivity index (χ1) is 14.4. The fourth-order valence-corrected chi connectivity index (χ4v) is 3.63. The molecule has 6 nitrogen and oxygen atoms in total. The smallest absolute Gasteiger partial charge is 0.295 e. The molecule has 158 valence electrons. The van der Waals surface area contributed by atoms with Crippen molar-refractivity contribution in [2.45, 2.75) is 39.3 Å². The third kappa shape index (κ3) is 4.17. The molecule has 2 aromatic rings. The lowest BCUT2D eigenvalue weighted by Crippen LogP contribution is -2.30. The Bertz CT molecular complexity index is 962. The van der Waals surface area contributed by atoms with Gasteiger partial charge in [0, 0.05) is 12.1 Å². The Morgan fingerprint density at radius 1 is 1.10 bits per heavy atom. The second-order valence-electron chi connectivity index (χ2n) is 7.46. The third-order valence-corrected chi connectivity index (χ3v) is 4.92. The zero-order chi connectivity index (χ0) is 21.8. The summed E-state index contributed by atoms with van der Waals surface area (Å²) in [5.41, 5.74) is 1.25. The maximum atomic E-state index is 12.9. The predicted octanol–water partition coefficient (Wildman–Crippen LogP) is 4.31. The van der Waals surface area contributed by atoms with Crippen LogP contribution in [-0.2, 0) is 9.59 Å². The fraction of sp³-hybridized carbons (Fsp3) is 0.333. The van der Waals surface area contributed by atoms with Gasteiger partial charge in [-0.2, -0.15) is 0 Å². The summed E-state index contributed by atoms with van der Waals surface area (Å²) >= 11 is 0. The van der Waals surface area contributed by atoms with Crippen molar-refractivity contribution in [3.8, 4) is 11.5 Å². The topological polar surface area (TPSA) is 76.1 Å². The molecule has 0 saturated carbocycles. The quantitative estimate of drug-likeness (QED) is 0.419. The summed E-state index contributed by atoms with van der Waals surface area (Å²) in [6.07, 6.45) is 0.661. The number of benzene rings is 2. The van der Waals surface area contributed by atoms with Gasteiger partial charge in [0.2, 0.25) is 0 Å². The molecule has 1 unspecified atom stereocenters. The highest BCUT2D eigenvalue weighted by Crippen LogP contribution is 2.40. The van der Waals surface area contributed by atoms with E-state index >= 15 is 0 Å². The molecule has 1 amide bonds. The SMILES string of the molecule is CCCN1C(=O)C(=O)/C(=C(\O)c2cccc(OC(C)C)c2)C1c1ccc(OC)cc1. The number of aliphatic hydroxyl groups is 1. The number of hydrogen-bond donors (Lipinski definition) is 1. The number of Topliss-reactive ketones (excluding diaryl/α,β-unsaturated/α-hetero) is 1. The van der Waals surface area contributed by atoms with Crippen LogP contribution in [0.25, 0.3) is 5.76 Å². The molecule has 3 rings (SSSR count). The number of carbonyl (C=O) groups excluding carboxylic acids is 2. The monoisotopic (exact) mass is 409 g/mol. The van der Waals surface area contributed by atoms with Crippen LogP contribution in [0.5, 0.6) is 11.5 Å². The summed E-state index contributed by atoms with van der Waals surface area (Å²) in [6, 6.07) is 13.4. The van der Waals surface area contributed by atoms with E-state index < -0.39 is 17.7 Å². The number of amides is 1. The molecule has 1 aliphatic heterocycles. The number of ketones is 1. The first kappa shape index (κ1) is 21.4. The van der Waals surface area contributed by atoms with E-state index in [0.29, 0.717) is 30.0 Å². The molecule has 1 atom stereocenters. The normalized spacial score (nSPS) is 18.2. The maximum Gasteiger partial charge on any atom is 0.295 e. The van der Waals surface area contributed by atoms with E-state index in [1.54, 1.807) is 43.5 Å². The lowest BCUT2D eigenvalue weighted by atomic mass is 9.95. The number of hydrogen-bond acceptors (Lipinski definition) is 5. The highest BCUT2D eigenvalue weighted by Gasteiger charge is 2.45. The van der Waals surface area contributed by atoms with Gasteiger partial charge in [0.1, 0.15) is 17.3 Å². The van der Waals surface area contributed by atoms with Crippen molar-refractivity contribution in [1.29, 1.82) is 0 Å². The molecular formula is C24H27NO5. The molecule has 1 N–H and O–H groups in total. The summed E-state index contributed by atoms with van der Waals surface area (Å²) < 4.78 is 10.9. The molecule has 1 heterocycles. The zero-order valence-corrected chi connectivity index (χ0v) is 17.7. The van der Waals surface area contributed by atoms with Crippen molar-refractivity contribution in [3.63, 3.8) is 0 Å². The van der Waals surface area contributed by atoms with E-state index in [9.17, 15) is 14.7 Å². The van der Waals surface area contributed by atoms with Gasteiger partial charge in [0.25, 0.3) is 11.7 Å². The number of carbonyl (C=O) groups is 2. The van der Waals surface area contributed by atoms with Gasteiger partial charge in [0.05, 0.1) is 24.8 Å². The molecular weight excluding hydrogens is 382 g/mol. The van der Waals surface area contributed by atoms with Crippen molar-refractivity contribution in [2.75, 3.05) is 13.7 Å². The fourth-order valence-electron chi connectivity index (χ4n) is 3.63.